The molecule has 0 aliphatic rings. The highest BCUT2D eigenvalue weighted by Gasteiger charge is 2.16. The number of fused-ring (bicyclic) bond motifs is 1. The minimum Gasteiger partial charge on any atom is -0.279 e. The lowest BCUT2D eigenvalue weighted by molar-refractivity contribution is 0.601. The number of rotatable bonds is 3. The molecule has 0 amide bonds. The fourth-order valence-electron chi connectivity index (χ4n) is 2.26. The van der Waals surface area contributed by atoms with E-state index < -0.39 is 10.0 Å². The van der Waals surface area contributed by atoms with Crippen molar-refractivity contribution in [1.82, 2.24) is 0 Å². The average molecular weight is 332 g/mol. The predicted octanol–water partition coefficient (Wildman–Crippen LogP) is 4.60. The first-order valence-electron chi connectivity index (χ1n) is 6.74. The van der Waals surface area contributed by atoms with E-state index in [1.807, 2.05) is 24.3 Å². The van der Waals surface area contributed by atoms with Crippen molar-refractivity contribution in [2.24, 2.45) is 0 Å². The summed E-state index contributed by atoms with van der Waals surface area (Å²) < 4.78 is 27.7. The maximum atomic E-state index is 12.6. The highest BCUT2D eigenvalue weighted by molar-refractivity contribution is 7.92. The number of benzene rings is 3. The highest BCUT2D eigenvalue weighted by atomic mass is 35.5. The monoisotopic (exact) mass is 331 g/mol. The summed E-state index contributed by atoms with van der Waals surface area (Å²) in [4.78, 5) is 0.227. The third kappa shape index (κ3) is 2.80. The molecule has 3 nitrogen and oxygen atoms in total. The molecule has 0 bridgehead atoms. The maximum Gasteiger partial charge on any atom is 0.261 e. The van der Waals surface area contributed by atoms with Gasteiger partial charge in [-0.2, -0.15) is 0 Å². The molecule has 0 aliphatic heterocycles. The van der Waals surface area contributed by atoms with Crippen LogP contribution in [0.5, 0.6) is 0 Å². The normalized spacial score (nSPS) is 11.5. The first kappa shape index (κ1) is 14.9. The van der Waals surface area contributed by atoms with Crippen molar-refractivity contribution in [2.45, 2.75) is 11.8 Å². The van der Waals surface area contributed by atoms with E-state index in [-0.39, 0.29) is 4.90 Å². The van der Waals surface area contributed by atoms with Crippen LogP contribution in [-0.4, -0.2) is 8.42 Å². The molecular formula is C17H14ClNO2S. The Kier molecular flexibility index (Phi) is 3.81. The van der Waals surface area contributed by atoms with E-state index in [0.717, 1.165) is 10.8 Å². The summed E-state index contributed by atoms with van der Waals surface area (Å²) in [5.74, 6) is 0. The molecule has 1 N–H and O–H groups in total. The van der Waals surface area contributed by atoms with Gasteiger partial charge in [-0.05, 0) is 47.5 Å². The van der Waals surface area contributed by atoms with Crippen molar-refractivity contribution in [3.05, 3.63) is 71.2 Å². The molecule has 22 heavy (non-hydrogen) atoms. The van der Waals surface area contributed by atoms with Crippen LogP contribution in [0.3, 0.4) is 0 Å². The van der Waals surface area contributed by atoms with Crippen LogP contribution < -0.4 is 4.72 Å². The standard InChI is InChI=1S/C17H14ClNO2S/c1-12-16(18)7-4-8-17(12)19-22(20,21)15-10-9-13-5-2-3-6-14(13)11-15/h2-11,19H,1H3. The quantitative estimate of drug-likeness (QED) is 0.762. The lowest BCUT2D eigenvalue weighted by Crippen LogP contribution is -2.13. The van der Waals surface area contributed by atoms with Crippen molar-refractivity contribution in [3.8, 4) is 0 Å². The minimum absolute atomic E-state index is 0.227. The molecule has 0 saturated heterocycles. The molecule has 3 aromatic carbocycles. The van der Waals surface area contributed by atoms with Crippen LogP contribution >= 0.6 is 11.6 Å². The van der Waals surface area contributed by atoms with Crippen molar-refractivity contribution >= 4 is 38.1 Å². The zero-order valence-electron chi connectivity index (χ0n) is 11.9. The SMILES string of the molecule is Cc1c(Cl)cccc1NS(=O)(=O)c1ccc2ccccc2c1. The topological polar surface area (TPSA) is 46.2 Å². The van der Waals surface area contributed by atoms with E-state index in [1.165, 1.54) is 0 Å². The van der Waals surface area contributed by atoms with E-state index in [1.54, 1.807) is 43.3 Å². The van der Waals surface area contributed by atoms with Gasteiger partial charge in [0.15, 0.2) is 0 Å². The average Bonchev–Trinajstić information content (AvgIpc) is 2.51. The minimum atomic E-state index is -3.65. The molecule has 0 spiro atoms. The number of hydrogen-bond acceptors (Lipinski definition) is 2. The highest BCUT2D eigenvalue weighted by Crippen LogP contribution is 2.26. The van der Waals surface area contributed by atoms with Crippen LogP contribution in [0.25, 0.3) is 10.8 Å². The summed E-state index contributed by atoms with van der Waals surface area (Å²) in [5.41, 5.74) is 1.19. The smallest absolute Gasteiger partial charge is 0.261 e. The molecule has 0 heterocycles. The predicted molar refractivity (Wildman–Crippen MR) is 90.9 cm³/mol. The Balaban J connectivity index is 2.02. The second kappa shape index (κ2) is 5.63. The number of hydrogen-bond donors (Lipinski definition) is 1. The van der Waals surface area contributed by atoms with E-state index in [0.29, 0.717) is 16.3 Å². The molecular weight excluding hydrogens is 318 g/mol. The van der Waals surface area contributed by atoms with Gasteiger partial charge < -0.3 is 0 Å². The first-order valence-corrected chi connectivity index (χ1v) is 8.60. The van der Waals surface area contributed by atoms with Gasteiger partial charge in [0.1, 0.15) is 0 Å². The summed E-state index contributed by atoms with van der Waals surface area (Å²) in [6, 6.07) is 17.8. The van der Waals surface area contributed by atoms with Gasteiger partial charge in [-0.25, -0.2) is 8.42 Å². The molecule has 0 aliphatic carbocycles. The Labute approximate surface area is 134 Å². The van der Waals surface area contributed by atoms with E-state index in [4.69, 9.17) is 11.6 Å². The van der Waals surface area contributed by atoms with Crippen LogP contribution in [0.15, 0.2) is 65.6 Å². The number of nitrogens with one attached hydrogen (secondary N) is 1. The Morgan fingerprint density at radius 2 is 1.64 bits per heavy atom. The lowest BCUT2D eigenvalue weighted by Gasteiger charge is -2.12. The summed E-state index contributed by atoms with van der Waals surface area (Å²) in [5, 5.41) is 2.41. The Morgan fingerprint density at radius 1 is 0.909 bits per heavy atom. The van der Waals surface area contributed by atoms with Gasteiger partial charge in [0.2, 0.25) is 0 Å². The summed E-state index contributed by atoms with van der Waals surface area (Å²) >= 11 is 6.03. The number of anilines is 1. The number of sulfonamides is 1. The zero-order chi connectivity index (χ0) is 15.7. The summed E-state index contributed by atoms with van der Waals surface area (Å²) in [6.07, 6.45) is 0. The van der Waals surface area contributed by atoms with Crippen LogP contribution in [0.4, 0.5) is 5.69 Å². The molecule has 0 unspecified atom stereocenters. The molecule has 0 radical (unpaired) electrons. The summed E-state index contributed by atoms with van der Waals surface area (Å²) in [7, 11) is -3.65. The zero-order valence-corrected chi connectivity index (χ0v) is 13.4. The molecule has 0 atom stereocenters. The third-order valence-electron chi connectivity index (χ3n) is 3.54. The molecule has 5 heteroatoms. The largest absolute Gasteiger partial charge is 0.279 e. The van der Waals surface area contributed by atoms with E-state index in [9.17, 15) is 8.42 Å². The summed E-state index contributed by atoms with van der Waals surface area (Å²) in [6.45, 7) is 1.78. The van der Waals surface area contributed by atoms with E-state index >= 15 is 0 Å². The Morgan fingerprint density at radius 3 is 2.41 bits per heavy atom. The van der Waals surface area contributed by atoms with Gasteiger partial charge >= 0.3 is 0 Å². The van der Waals surface area contributed by atoms with Crippen LogP contribution in [0, 0.1) is 6.92 Å². The molecule has 3 aromatic rings. The molecule has 0 aromatic heterocycles. The van der Waals surface area contributed by atoms with Gasteiger partial charge in [0.05, 0.1) is 10.6 Å². The lowest BCUT2D eigenvalue weighted by atomic mass is 10.1. The van der Waals surface area contributed by atoms with Gasteiger partial charge in [0, 0.05) is 5.02 Å². The Hall–Kier alpha value is -2.04. The fraction of sp³-hybridized carbons (Fsp3) is 0.0588. The van der Waals surface area contributed by atoms with Crippen molar-refractivity contribution in [3.63, 3.8) is 0 Å². The Bertz CT molecular complexity index is 952. The van der Waals surface area contributed by atoms with Crippen LogP contribution in [0.2, 0.25) is 5.02 Å². The second-order valence-electron chi connectivity index (χ2n) is 5.03. The number of halogens is 1. The molecule has 112 valence electrons. The third-order valence-corrected chi connectivity index (χ3v) is 5.32. The molecule has 0 fully saturated rings. The van der Waals surface area contributed by atoms with Gasteiger partial charge in [0.25, 0.3) is 10.0 Å². The van der Waals surface area contributed by atoms with Gasteiger partial charge in [-0.1, -0.05) is 48.0 Å². The fourth-order valence-corrected chi connectivity index (χ4v) is 3.59. The molecule has 0 saturated carbocycles. The van der Waals surface area contributed by atoms with Crippen molar-refractivity contribution in [2.75, 3.05) is 4.72 Å². The van der Waals surface area contributed by atoms with Crippen LogP contribution in [0.1, 0.15) is 5.56 Å². The van der Waals surface area contributed by atoms with Gasteiger partial charge in [-0.15, -0.1) is 0 Å². The van der Waals surface area contributed by atoms with Gasteiger partial charge in [-0.3, -0.25) is 4.72 Å². The maximum absolute atomic E-state index is 12.6. The first-order chi connectivity index (χ1) is 10.5. The molecule has 3 rings (SSSR count). The van der Waals surface area contributed by atoms with Crippen molar-refractivity contribution < 1.29 is 8.42 Å². The van der Waals surface area contributed by atoms with E-state index in [2.05, 4.69) is 4.72 Å². The second-order valence-corrected chi connectivity index (χ2v) is 7.12. The van der Waals surface area contributed by atoms with Crippen molar-refractivity contribution in [1.29, 1.82) is 0 Å². The van der Waals surface area contributed by atoms with Crippen LogP contribution in [-0.2, 0) is 10.0 Å².